The van der Waals surface area contributed by atoms with E-state index in [2.05, 4.69) is 15.2 Å². The van der Waals surface area contributed by atoms with Crippen LogP contribution in [0.5, 0.6) is 0 Å². The smallest absolute Gasteiger partial charge is 0.322 e. The fraction of sp³-hybridized carbons (Fsp3) is 0.533. The second-order valence-corrected chi connectivity index (χ2v) is 6.10. The van der Waals surface area contributed by atoms with Gasteiger partial charge < -0.3 is 5.32 Å². The van der Waals surface area contributed by atoms with E-state index in [1.165, 1.54) is 4.90 Å². The molecule has 0 saturated carbocycles. The highest BCUT2D eigenvalue weighted by molar-refractivity contribution is 6.07. The van der Waals surface area contributed by atoms with E-state index in [1.54, 1.807) is 6.20 Å². The molecule has 1 aromatic rings. The van der Waals surface area contributed by atoms with Crippen LogP contribution >= 0.6 is 0 Å². The molecule has 1 unspecified atom stereocenters. The molecule has 0 bridgehead atoms. The lowest BCUT2D eigenvalue weighted by molar-refractivity contribution is -0.132. The van der Waals surface area contributed by atoms with Crippen molar-refractivity contribution >= 4 is 11.9 Å². The van der Waals surface area contributed by atoms with E-state index in [1.807, 2.05) is 32.2 Å². The molecule has 3 amide bonds. The Labute approximate surface area is 124 Å². The van der Waals surface area contributed by atoms with Gasteiger partial charge in [0.1, 0.15) is 5.54 Å². The Morgan fingerprint density at radius 1 is 1.43 bits per heavy atom. The molecule has 0 aromatic carbocycles. The fourth-order valence-corrected chi connectivity index (χ4v) is 3.16. The zero-order chi connectivity index (χ0) is 15.0. The number of pyridine rings is 1. The number of hydrogen-bond acceptors (Lipinski definition) is 4. The first-order valence-electron chi connectivity index (χ1n) is 7.29. The summed E-state index contributed by atoms with van der Waals surface area (Å²) in [5.74, 6) is -0.0869. The molecule has 1 N–H and O–H groups in total. The average molecular weight is 288 g/mol. The highest BCUT2D eigenvalue weighted by Gasteiger charge is 2.55. The second kappa shape index (κ2) is 5.11. The summed E-state index contributed by atoms with van der Waals surface area (Å²) in [6.45, 7) is 5.83. The number of nitrogens with zero attached hydrogens (tertiary/aromatic N) is 3. The molecule has 0 radical (unpaired) electrons. The lowest BCUT2D eigenvalue weighted by Gasteiger charge is -2.23. The van der Waals surface area contributed by atoms with Crippen LogP contribution in [0, 0.1) is 0 Å². The monoisotopic (exact) mass is 288 g/mol. The van der Waals surface area contributed by atoms with Crippen LogP contribution in [-0.2, 0) is 11.3 Å². The molecule has 6 nitrogen and oxygen atoms in total. The van der Waals surface area contributed by atoms with Gasteiger partial charge in [0, 0.05) is 38.1 Å². The average Bonchev–Trinajstić information content (AvgIpc) is 2.93. The number of imide groups is 1. The van der Waals surface area contributed by atoms with Gasteiger partial charge in [-0.3, -0.25) is 19.6 Å². The summed E-state index contributed by atoms with van der Waals surface area (Å²) in [6.07, 6.45) is 4.25. The van der Waals surface area contributed by atoms with E-state index < -0.39 is 5.54 Å². The van der Waals surface area contributed by atoms with Crippen molar-refractivity contribution in [1.29, 1.82) is 0 Å². The number of nitrogens with one attached hydrogen (secondary N) is 1. The molecule has 2 aliphatic heterocycles. The maximum atomic E-state index is 12.6. The molecule has 1 spiro atoms. The van der Waals surface area contributed by atoms with Gasteiger partial charge >= 0.3 is 6.03 Å². The number of carbonyl (C=O) groups excluding carboxylic acids is 2. The van der Waals surface area contributed by atoms with Gasteiger partial charge in [-0.25, -0.2) is 4.79 Å². The highest BCUT2D eigenvalue weighted by atomic mass is 16.2. The summed E-state index contributed by atoms with van der Waals surface area (Å²) in [5.41, 5.74) is 0.385. The lowest BCUT2D eigenvalue weighted by atomic mass is 9.98. The van der Waals surface area contributed by atoms with Crippen LogP contribution < -0.4 is 5.32 Å². The molecule has 2 aliphatic rings. The van der Waals surface area contributed by atoms with Gasteiger partial charge in [0.2, 0.25) is 0 Å². The normalized spacial score (nSPS) is 26.1. The number of hydrogen-bond donors (Lipinski definition) is 1. The first-order valence-corrected chi connectivity index (χ1v) is 7.29. The van der Waals surface area contributed by atoms with E-state index in [0.29, 0.717) is 13.0 Å². The first kappa shape index (κ1) is 14.0. The molecule has 6 heteroatoms. The van der Waals surface area contributed by atoms with Gasteiger partial charge in [0.15, 0.2) is 0 Å². The molecular formula is C15H20N4O2. The van der Waals surface area contributed by atoms with Crippen molar-refractivity contribution in [3.63, 3.8) is 0 Å². The number of amides is 3. The largest absolute Gasteiger partial charge is 0.325 e. The summed E-state index contributed by atoms with van der Waals surface area (Å²) in [4.78, 5) is 32.2. The number of urea groups is 1. The molecule has 1 atom stereocenters. The molecular weight excluding hydrogens is 268 g/mol. The highest BCUT2D eigenvalue weighted by Crippen LogP contribution is 2.30. The Balaban J connectivity index is 1.72. The molecule has 0 aliphatic carbocycles. The molecule has 2 fully saturated rings. The van der Waals surface area contributed by atoms with Gasteiger partial charge in [-0.15, -0.1) is 0 Å². The summed E-state index contributed by atoms with van der Waals surface area (Å²) < 4.78 is 0. The van der Waals surface area contributed by atoms with Crippen LogP contribution in [0.2, 0.25) is 0 Å². The number of carbonyl (C=O) groups is 2. The Bertz CT molecular complexity index is 560. The van der Waals surface area contributed by atoms with Crippen molar-refractivity contribution in [3.05, 3.63) is 30.1 Å². The summed E-state index contributed by atoms with van der Waals surface area (Å²) in [5, 5.41) is 2.91. The van der Waals surface area contributed by atoms with E-state index in [0.717, 1.165) is 18.7 Å². The number of likely N-dealkylation sites (tertiary alicyclic amines) is 1. The van der Waals surface area contributed by atoms with Crippen molar-refractivity contribution in [2.45, 2.75) is 38.4 Å². The zero-order valence-corrected chi connectivity index (χ0v) is 12.4. The van der Waals surface area contributed by atoms with Crippen molar-refractivity contribution in [2.24, 2.45) is 0 Å². The molecule has 3 heterocycles. The van der Waals surface area contributed by atoms with Crippen LogP contribution in [0.4, 0.5) is 4.79 Å². The molecule has 21 heavy (non-hydrogen) atoms. The van der Waals surface area contributed by atoms with Gasteiger partial charge in [-0.1, -0.05) is 6.07 Å². The van der Waals surface area contributed by atoms with Gasteiger partial charge in [-0.2, -0.15) is 0 Å². The van der Waals surface area contributed by atoms with E-state index >= 15 is 0 Å². The second-order valence-electron chi connectivity index (χ2n) is 6.10. The Morgan fingerprint density at radius 3 is 2.86 bits per heavy atom. The maximum absolute atomic E-state index is 12.6. The maximum Gasteiger partial charge on any atom is 0.325 e. The molecule has 112 valence electrons. The number of rotatable bonds is 3. The van der Waals surface area contributed by atoms with Crippen molar-refractivity contribution in [1.82, 2.24) is 20.1 Å². The first-order chi connectivity index (χ1) is 10.0. The lowest BCUT2D eigenvalue weighted by Crippen LogP contribution is -2.49. The standard InChI is InChI=1S/C15H20N4O2/c1-11(2)19-13(20)15(17-14(19)21)5-7-18(10-15)9-12-4-3-6-16-8-12/h3-4,6,8,11H,5,7,9-10H2,1-2H3,(H,17,21). The van der Waals surface area contributed by atoms with Gasteiger partial charge in [0.25, 0.3) is 5.91 Å². The van der Waals surface area contributed by atoms with Crippen LogP contribution in [0.1, 0.15) is 25.8 Å². The van der Waals surface area contributed by atoms with Crippen molar-refractivity contribution in [3.8, 4) is 0 Å². The van der Waals surface area contributed by atoms with Crippen LogP contribution in [0.15, 0.2) is 24.5 Å². The van der Waals surface area contributed by atoms with Crippen LogP contribution in [-0.4, -0.2) is 51.4 Å². The zero-order valence-electron chi connectivity index (χ0n) is 12.4. The predicted molar refractivity (Wildman–Crippen MR) is 77.4 cm³/mol. The third-order valence-corrected chi connectivity index (χ3v) is 4.19. The molecule has 2 saturated heterocycles. The van der Waals surface area contributed by atoms with E-state index in [4.69, 9.17) is 0 Å². The minimum atomic E-state index is -0.733. The van der Waals surface area contributed by atoms with Crippen LogP contribution in [0.25, 0.3) is 0 Å². The van der Waals surface area contributed by atoms with Crippen LogP contribution in [0.3, 0.4) is 0 Å². The van der Waals surface area contributed by atoms with Crippen molar-refractivity contribution in [2.75, 3.05) is 13.1 Å². The van der Waals surface area contributed by atoms with Crippen molar-refractivity contribution < 1.29 is 9.59 Å². The Kier molecular flexibility index (Phi) is 3.41. The Hall–Kier alpha value is -1.95. The third-order valence-electron chi connectivity index (χ3n) is 4.19. The minimum Gasteiger partial charge on any atom is -0.322 e. The third kappa shape index (κ3) is 2.40. The SMILES string of the molecule is CC(C)N1C(=O)NC2(CCN(Cc3cccnc3)C2)C1=O. The van der Waals surface area contributed by atoms with Gasteiger partial charge in [0.05, 0.1) is 0 Å². The van der Waals surface area contributed by atoms with Gasteiger partial charge in [-0.05, 0) is 31.9 Å². The summed E-state index contributed by atoms with van der Waals surface area (Å²) in [6, 6.07) is 3.56. The predicted octanol–water partition coefficient (Wildman–Crippen LogP) is 0.986. The Morgan fingerprint density at radius 2 is 2.24 bits per heavy atom. The molecule has 1 aromatic heterocycles. The topological polar surface area (TPSA) is 65.5 Å². The summed E-state index contributed by atoms with van der Waals surface area (Å²) in [7, 11) is 0. The fourth-order valence-electron chi connectivity index (χ4n) is 3.16. The minimum absolute atomic E-state index is 0.0869. The quantitative estimate of drug-likeness (QED) is 0.842. The molecule has 3 rings (SSSR count). The van der Waals surface area contributed by atoms with E-state index in [-0.39, 0.29) is 18.0 Å². The van der Waals surface area contributed by atoms with E-state index in [9.17, 15) is 9.59 Å². The summed E-state index contributed by atoms with van der Waals surface area (Å²) >= 11 is 0. The number of aromatic nitrogens is 1.